The van der Waals surface area contributed by atoms with Crippen molar-refractivity contribution in [3.8, 4) is 11.1 Å². The molecule has 26 heavy (non-hydrogen) atoms. The van der Waals surface area contributed by atoms with Crippen LogP contribution in [-0.4, -0.2) is 70.2 Å². The van der Waals surface area contributed by atoms with Crippen molar-refractivity contribution in [2.45, 2.75) is 18.8 Å². The van der Waals surface area contributed by atoms with Crippen LogP contribution >= 0.6 is 0 Å². The van der Waals surface area contributed by atoms with E-state index in [1.807, 2.05) is 28.1 Å². The Morgan fingerprint density at radius 1 is 1.00 bits per heavy atom. The van der Waals surface area contributed by atoms with Crippen molar-refractivity contribution in [1.29, 1.82) is 0 Å². The average Bonchev–Trinajstić information content (AvgIpc) is 2.75. The molecule has 0 aromatic carbocycles. The number of urea groups is 1. The topological polar surface area (TPSA) is 71.5 Å². The Balaban J connectivity index is 1.45. The van der Waals surface area contributed by atoms with Gasteiger partial charge in [0.1, 0.15) is 6.33 Å². The van der Waals surface area contributed by atoms with Gasteiger partial charge in [0, 0.05) is 56.3 Å². The number of aromatic nitrogens is 3. The predicted octanol–water partition coefficient (Wildman–Crippen LogP) is 2.17. The van der Waals surface area contributed by atoms with Crippen molar-refractivity contribution >= 4 is 6.03 Å². The summed E-state index contributed by atoms with van der Waals surface area (Å²) in [5, 5.41) is 0. The normalized spacial score (nSPS) is 18.8. The Morgan fingerprint density at radius 3 is 2.42 bits per heavy atom. The molecule has 0 aliphatic carbocycles. The second-order valence-electron chi connectivity index (χ2n) is 6.70. The van der Waals surface area contributed by atoms with Crippen LogP contribution in [0.5, 0.6) is 0 Å². The van der Waals surface area contributed by atoms with E-state index in [0.717, 1.165) is 42.8 Å². The summed E-state index contributed by atoms with van der Waals surface area (Å²) in [5.41, 5.74) is 3.22. The van der Waals surface area contributed by atoms with Crippen molar-refractivity contribution in [2.75, 3.05) is 39.4 Å². The van der Waals surface area contributed by atoms with Gasteiger partial charge in [0.15, 0.2) is 0 Å². The van der Waals surface area contributed by atoms with E-state index < -0.39 is 0 Å². The number of hydrogen-bond acceptors (Lipinski definition) is 5. The molecule has 136 valence electrons. The number of carbonyl (C=O) groups is 1. The molecular formula is C19H23N5O2. The number of amides is 2. The van der Waals surface area contributed by atoms with Gasteiger partial charge in [0.2, 0.25) is 0 Å². The van der Waals surface area contributed by atoms with Gasteiger partial charge in [-0.3, -0.25) is 4.98 Å². The highest BCUT2D eigenvalue weighted by Gasteiger charge is 2.29. The summed E-state index contributed by atoms with van der Waals surface area (Å²) in [4.78, 5) is 29.4. The molecule has 4 heterocycles. The van der Waals surface area contributed by atoms with Crippen molar-refractivity contribution in [3.05, 3.63) is 42.7 Å². The summed E-state index contributed by atoms with van der Waals surface area (Å²) in [6.07, 6.45) is 8.91. The number of hydrogen-bond donors (Lipinski definition) is 0. The number of piperidine rings is 1. The van der Waals surface area contributed by atoms with Gasteiger partial charge < -0.3 is 14.5 Å². The van der Waals surface area contributed by atoms with Crippen molar-refractivity contribution in [2.24, 2.45) is 0 Å². The molecule has 0 bridgehead atoms. The summed E-state index contributed by atoms with van der Waals surface area (Å²) < 4.78 is 5.34. The largest absolute Gasteiger partial charge is 0.378 e. The predicted molar refractivity (Wildman–Crippen MR) is 96.6 cm³/mol. The molecule has 2 saturated heterocycles. The van der Waals surface area contributed by atoms with Crippen LogP contribution in [-0.2, 0) is 4.74 Å². The summed E-state index contributed by atoms with van der Waals surface area (Å²) in [7, 11) is 0. The second kappa shape index (κ2) is 7.78. The smallest absolute Gasteiger partial charge is 0.320 e. The fraction of sp³-hybridized carbons (Fsp3) is 0.474. The third kappa shape index (κ3) is 3.53. The lowest BCUT2D eigenvalue weighted by atomic mass is 9.89. The number of likely N-dealkylation sites (tertiary alicyclic amines) is 1. The Labute approximate surface area is 153 Å². The fourth-order valence-electron chi connectivity index (χ4n) is 3.72. The molecule has 7 nitrogen and oxygen atoms in total. The first-order chi connectivity index (χ1) is 12.8. The number of ether oxygens (including phenoxy) is 1. The molecule has 2 aliphatic rings. The molecule has 0 N–H and O–H groups in total. The maximum Gasteiger partial charge on any atom is 0.320 e. The monoisotopic (exact) mass is 353 g/mol. The van der Waals surface area contributed by atoms with E-state index in [1.54, 1.807) is 18.7 Å². The standard InChI is InChI=1S/C19H23N5O2/c25-19(24-9-11-26-12-10-24)23-7-3-16(4-8-23)18-17(13-21-14-22-18)15-1-5-20-6-2-15/h1-2,5-6,13-14,16H,3-4,7-12H2. The Kier molecular flexibility index (Phi) is 5.06. The summed E-state index contributed by atoms with van der Waals surface area (Å²) in [6.45, 7) is 4.19. The molecule has 2 amide bonds. The third-order valence-electron chi connectivity index (χ3n) is 5.17. The average molecular weight is 353 g/mol. The first-order valence-electron chi connectivity index (χ1n) is 9.15. The molecule has 7 heteroatoms. The number of nitrogens with zero attached hydrogens (tertiary/aromatic N) is 5. The molecule has 2 aromatic rings. The van der Waals surface area contributed by atoms with E-state index in [4.69, 9.17) is 4.74 Å². The highest BCUT2D eigenvalue weighted by atomic mass is 16.5. The van der Waals surface area contributed by atoms with E-state index in [-0.39, 0.29) is 6.03 Å². The van der Waals surface area contributed by atoms with Crippen molar-refractivity contribution in [3.63, 3.8) is 0 Å². The molecule has 0 spiro atoms. The minimum absolute atomic E-state index is 0.142. The van der Waals surface area contributed by atoms with E-state index in [0.29, 0.717) is 32.2 Å². The third-order valence-corrected chi connectivity index (χ3v) is 5.17. The lowest BCUT2D eigenvalue weighted by Gasteiger charge is -2.37. The van der Waals surface area contributed by atoms with Crippen LogP contribution in [0.1, 0.15) is 24.5 Å². The molecule has 2 fully saturated rings. The maximum absolute atomic E-state index is 12.6. The number of rotatable bonds is 2. The van der Waals surface area contributed by atoms with Crippen molar-refractivity contribution in [1.82, 2.24) is 24.8 Å². The van der Waals surface area contributed by atoms with Gasteiger partial charge in [0.05, 0.1) is 18.9 Å². The van der Waals surface area contributed by atoms with Crippen LogP contribution in [0, 0.1) is 0 Å². The van der Waals surface area contributed by atoms with Gasteiger partial charge in [-0.15, -0.1) is 0 Å². The van der Waals surface area contributed by atoms with Crippen LogP contribution in [0.4, 0.5) is 4.79 Å². The van der Waals surface area contributed by atoms with Gasteiger partial charge in [-0.05, 0) is 30.5 Å². The molecule has 0 unspecified atom stereocenters. The second-order valence-corrected chi connectivity index (χ2v) is 6.70. The van der Waals surface area contributed by atoms with Gasteiger partial charge in [-0.2, -0.15) is 0 Å². The van der Waals surface area contributed by atoms with Crippen LogP contribution in [0.25, 0.3) is 11.1 Å². The fourth-order valence-corrected chi connectivity index (χ4v) is 3.72. The Hall–Kier alpha value is -2.54. The van der Waals surface area contributed by atoms with Crippen molar-refractivity contribution < 1.29 is 9.53 Å². The maximum atomic E-state index is 12.6. The van der Waals surface area contributed by atoms with E-state index in [9.17, 15) is 4.79 Å². The zero-order chi connectivity index (χ0) is 17.8. The zero-order valence-corrected chi connectivity index (χ0v) is 14.8. The molecule has 0 atom stereocenters. The van der Waals surface area contributed by atoms with Crippen LogP contribution in [0.3, 0.4) is 0 Å². The lowest BCUT2D eigenvalue weighted by Crippen LogP contribution is -2.50. The minimum Gasteiger partial charge on any atom is -0.378 e. The van der Waals surface area contributed by atoms with E-state index in [1.165, 1.54) is 0 Å². The Morgan fingerprint density at radius 2 is 1.69 bits per heavy atom. The minimum atomic E-state index is 0.142. The highest BCUT2D eigenvalue weighted by molar-refractivity contribution is 5.74. The molecule has 0 radical (unpaired) electrons. The Bertz CT molecular complexity index is 741. The number of carbonyl (C=O) groups excluding carboxylic acids is 1. The lowest BCUT2D eigenvalue weighted by molar-refractivity contribution is 0.0411. The summed E-state index contributed by atoms with van der Waals surface area (Å²) >= 11 is 0. The molecular weight excluding hydrogens is 330 g/mol. The highest BCUT2D eigenvalue weighted by Crippen LogP contribution is 2.33. The van der Waals surface area contributed by atoms with Crippen LogP contribution < -0.4 is 0 Å². The first-order valence-corrected chi connectivity index (χ1v) is 9.15. The molecule has 4 rings (SSSR count). The van der Waals surface area contributed by atoms with E-state index >= 15 is 0 Å². The van der Waals surface area contributed by atoms with Gasteiger partial charge in [-0.25, -0.2) is 14.8 Å². The number of pyridine rings is 1. The van der Waals surface area contributed by atoms with Gasteiger partial charge in [0.25, 0.3) is 0 Å². The number of morpholine rings is 1. The molecule has 0 saturated carbocycles. The van der Waals surface area contributed by atoms with Gasteiger partial charge >= 0.3 is 6.03 Å². The van der Waals surface area contributed by atoms with E-state index in [2.05, 4.69) is 15.0 Å². The van der Waals surface area contributed by atoms with Crippen LogP contribution in [0.2, 0.25) is 0 Å². The van der Waals surface area contributed by atoms with Crippen LogP contribution in [0.15, 0.2) is 37.1 Å². The summed E-state index contributed by atoms with van der Waals surface area (Å²) in [6, 6.07) is 4.11. The molecule has 2 aliphatic heterocycles. The SMILES string of the molecule is O=C(N1CCOCC1)N1CCC(c2ncncc2-c2ccncc2)CC1. The quantitative estimate of drug-likeness (QED) is 0.827. The molecule has 2 aromatic heterocycles. The van der Waals surface area contributed by atoms with Gasteiger partial charge in [-0.1, -0.05) is 0 Å². The summed E-state index contributed by atoms with van der Waals surface area (Å²) in [5.74, 6) is 0.343. The first kappa shape index (κ1) is 16.9. The zero-order valence-electron chi connectivity index (χ0n) is 14.8.